The van der Waals surface area contributed by atoms with Crippen LogP contribution < -0.4 is 0 Å². The number of hydrogen-bond acceptors (Lipinski definition) is 5. The third-order valence-corrected chi connectivity index (χ3v) is 2.15. The first kappa shape index (κ1) is 12.6. The summed E-state index contributed by atoms with van der Waals surface area (Å²) in [6, 6.07) is -0.250. The lowest BCUT2D eigenvalue weighted by atomic mass is 10.2. The van der Waals surface area contributed by atoms with E-state index in [1.165, 1.54) is 11.8 Å². The summed E-state index contributed by atoms with van der Waals surface area (Å²) >= 11 is 0. The quantitative estimate of drug-likeness (QED) is 0.689. The van der Waals surface area contributed by atoms with Gasteiger partial charge in [0.25, 0.3) is 0 Å². The Balaban J connectivity index is 3.00. The molecule has 0 spiro atoms. The number of aliphatic hydroxyl groups excluding tert-OH is 1. The molecule has 7 nitrogen and oxygen atoms in total. The minimum atomic E-state index is -0.971. The molecule has 0 fully saturated rings. The number of carboxylic acids is 1. The number of methoxy groups -OCH3 is 1. The fourth-order valence-electron chi connectivity index (χ4n) is 1.34. The van der Waals surface area contributed by atoms with Crippen molar-refractivity contribution in [1.29, 1.82) is 0 Å². The minimum Gasteiger partial charge on any atom is -0.481 e. The molecule has 1 heterocycles. The van der Waals surface area contributed by atoms with Crippen molar-refractivity contribution in [3.05, 3.63) is 11.4 Å². The zero-order valence-electron chi connectivity index (χ0n) is 9.25. The second kappa shape index (κ2) is 5.57. The Labute approximate surface area is 92.6 Å². The minimum absolute atomic E-state index is 0.0907. The molecule has 1 rings (SSSR count). The van der Waals surface area contributed by atoms with Gasteiger partial charge < -0.3 is 14.9 Å². The maximum absolute atomic E-state index is 10.6. The lowest BCUT2D eigenvalue weighted by Crippen LogP contribution is -2.15. The lowest BCUT2D eigenvalue weighted by molar-refractivity contribution is -0.136. The number of carbonyl (C=O) groups is 1. The van der Waals surface area contributed by atoms with Crippen LogP contribution in [-0.4, -0.2) is 44.9 Å². The zero-order chi connectivity index (χ0) is 12.1. The number of ether oxygens (including phenoxy) is 1. The third kappa shape index (κ3) is 2.77. The Morgan fingerprint density at radius 1 is 1.62 bits per heavy atom. The van der Waals surface area contributed by atoms with Gasteiger partial charge in [0.2, 0.25) is 0 Å². The summed E-state index contributed by atoms with van der Waals surface area (Å²) in [7, 11) is 1.51. The van der Waals surface area contributed by atoms with E-state index in [1.54, 1.807) is 6.92 Å². The van der Waals surface area contributed by atoms with Crippen molar-refractivity contribution in [3.8, 4) is 0 Å². The summed E-state index contributed by atoms with van der Waals surface area (Å²) in [5, 5.41) is 25.3. The van der Waals surface area contributed by atoms with Gasteiger partial charge in [-0.25, -0.2) is 4.68 Å². The van der Waals surface area contributed by atoms with Crippen LogP contribution in [0, 0.1) is 0 Å². The Morgan fingerprint density at radius 3 is 2.81 bits per heavy atom. The van der Waals surface area contributed by atoms with E-state index < -0.39 is 5.97 Å². The van der Waals surface area contributed by atoms with Crippen molar-refractivity contribution in [3.63, 3.8) is 0 Å². The molecule has 1 aromatic rings. The van der Waals surface area contributed by atoms with Gasteiger partial charge in [0.05, 0.1) is 37.1 Å². The molecule has 0 aliphatic carbocycles. The number of carboxylic acid groups (broad SMARTS) is 1. The highest BCUT2D eigenvalue weighted by atomic mass is 16.5. The standard InChI is InChI=1S/C9H15N3O4/c1-6(4-13)12-8(5-16-2)7(10-11-12)3-9(14)15/h6,13H,3-5H2,1-2H3,(H,14,15). The fourth-order valence-corrected chi connectivity index (χ4v) is 1.34. The monoisotopic (exact) mass is 229 g/mol. The van der Waals surface area contributed by atoms with E-state index in [4.69, 9.17) is 14.9 Å². The number of aromatic nitrogens is 3. The molecule has 0 saturated carbocycles. The number of nitrogens with zero attached hydrogens (tertiary/aromatic N) is 3. The van der Waals surface area contributed by atoms with E-state index in [0.29, 0.717) is 11.4 Å². The van der Waals surface area contributed by atoms with Crippen LogP contribution in [0.1, 0.15) is 24.4 Å². The zero-order valence-corrected chi connectivity index (χ0v) is 9.25. The highest BCUT2D eigenvalue weighted by Crippen LogP contribution is 2.13. The van der Waals surface area contributed by atoms with Crippen LogP contribution in [0.5, 0.6) is 0 Å². The maximum atomic E-state index is 10.6. The van der Waals surface area contributed by atoms with Gasteiger partial charge in [-0.3, -0.25) is 4.79 Å². The topological polar surface area (TPSA) is 97.5 Å². The first-order chi connectivity index (χ1) is 7.60. The first-order valence-electron chi connectivity index (χ1n) is 4.84. The van der Waals surface area contributed by atoms with Crippen molar-refractivity contribution in [2.24, 2.45) is 0 Å². The Bertz CT molecular complexity index is 364. The summed E-state index contributed by atoms with van der Waals surface area (Å²) in [6.45, 7) is 1.89. The highest BCUT2D eigenvalue weighted by molar-refractivity contribution is 5.69. The van der Waals surface area contributed by atoms with Gasteiger partial charge in [-0.2, -0.15) is 0 Å². The van der Waals surface area contributed by atoms with E-state index in [2.05, 4.69) is 10.3 Å². The molecule has 16 heavy (non-hydrogen) atoms. The largest absolute Gasteiger partial charge is 0.481 e. The van der Waals surface area contributed by atoms with Crippen molar-refractivity contribution in [1.82, 2.24) is 15.0 Å². The van der Waals surface area contributed by atoms with Gasteiger partial charge in [0, 0.05) is 7.11 Å². The number of aliphatic carboxylic acids is 1. The Morgan fingerprint density at radius 2 is 2.31 bits per heavy atom. The molecule has 0 aromatic carbocycles. The molecule has 0 bridgehead atoms. The molecule has 1 atom stereocenters. The Kier molecular flexibility index (Phi) is 4.39. The summed E-state index contributed by atoms with van der Waals surface area (Å²) in [5.41, 5.74) is 0.959. The summed E-state index contributed by atoms with van der Waals surface area (Å²) < 4.78 is 6.46. The molecule has 0 amide bonds. The van der Waals surface area contributed by atoms with E-state index in [-0.39, 0.29) is 25.7 Å². The van der Waals surface area contributed by atoms with Crippen LogP contribution in [0.2, 0.25) is 0 Å². The summed E-state index contributed by atoms with van der Waals surface area (Å²) in [6.07, 6.45) is -0.198. The van der Waals surface area contributed by atoms with Crippen molar-refractivity contribution >= 4 is 5.97 Å². The lowest BCUT2D eigenvalue weighted by Gasteiger charge is -2.11. The molecular formula is C9H15N3O4. The molecule has 0 radical (unpaired) electrons. The first-order valence-corrected chi connectivity index (χ1v) is 4.84. The van der Waals surface area contributed by atoms with Crippen LogP contribution in [0.3, 0.4) is 0 Å². The highest BCUT2D eigenvalue weighted by Gasteiger charge is 2.18. The molecule has 1 aromatic heterocycles. The van der Waals surface area contributed by atoms with Crippen molar-refractivity contribution in [2.75, 3.05) is 13.7 Å². The summed E-state index contributed by atoms with van der Waals surface area (Å²) in [4.78, 5) is 10.6. The van der Waals surface area contributed by atoms with Gasteiger partial charge >= 0.3 is 5.97 Å². The SMILES string of the molecule is COCc1c(CC(=O)O)nnn1C(C)CO. The van der Waals surface area contributed by atoms with Crippen LogP contribution in [0.4, 0.5) is 0 Å². The second-order valence-corrected chi connectivity index (χ2v) is 3.46. The number of hydrogen-bond donors (Lipinski definition) is 2. The normalized spacial score (nSPS) is 12.7. The number of rotatable bonds is 6. The van der Waals surface area contributed by atoms with Gasteiger partial charge in [-0.05, 0) is 6.92 Å². The molecule has 0 aliphatic heterocycles. The van der Waals surface area contributed by atoms with E-state index in [1.807, 2.05) is 0 Å². The Hall–Kier alpha value is -1.47. The molecule has 1 unspecified atom stereocenters. The molecule has 2 N–H and O–H groups in total. The van der Waals surface area contributed by atoms with E-state index in [0.717, 1.165) is 0 Å². The fraction of sp³-hybridized carbons (Fsp3) is 0.667. The number of aliphatic hydroxyl groups is 1. The third-order valence-electron chi connectivity index (χ3n) is 2.15. The summed E-state index contributed by atoms with van der Waals surface area (Å²) in [5.74, 6) is -0.971. The van der Waals surface area contributed by atoms with E-state index >= 15 is 0 Å². The van der Waals surface area contributed by atoms with Crippen LogP contribution in [-0.2, 0) is 22.6 Å². The van der Waals surface area contributed by atoms with E-state index in [9.17, 15) is 4.79 Å². The predicted molar refractivity (Wildman–Crippen MR) is 53.9 cm³/mol. The van der Waals surface area contributed by atoms with Crippen molar-refractivity contribution < 1.29 is 19.7 Å². The van der Waals surface area contributed by atoms with Gasteiger partial charge in [0.1, 0.15) is 0 Å². The second-order valence-electron chi connectivity index (χ2n) is 3.46. The van der Waals surface area contributed by atoms with Crippen LogP contribution in [0.15, 0.2) is 0 Å². The van der Waals surface area contributed by atoms with Gasteiger partial charge in [-0.1, -0.05) is 5.21 Å². The maximum Gasteiger partial charge on any atom is 0.309 e. The molecule has 90 valence electrons. The van der Waals surface area contributed by atoms with Crippen molar-refractivity contribution in [2.45, 2.75) is 26.0 Å². The molecule has 0 saturated heterocycles. The molecule has 0 aliphatic rings. The van der Waals surface area contributed by atoms with Crippen LogP contribution >= 0.6 is 0 Å². The van der Waals surface area contributed by atoms with Gasteiger partial charge in [-0.15, -0.1) is 5.10 Å². The molecule has 7 heteroatoms. The molecular weight excluding hydrogens is 214 g/mol. The average Bonchev–Trinajstić information content (AvgIpc) is 2.61. The predicted octanol–water partition coefficient (Wildman–Crippen LogP) is -0.395. The average molecular weight is 229 g/mol. The van der Waals surface area contributed by atoms with Crippen LogP contribution in [0.25, 0.3) is 0 Å². The smallest absolute Gasteiger partial charge is 0.309 e. The van der Waals surface area contributed by atoms with Gasteiger partial charge in [0.15, 0.2) is 0 Å².